The van der Waals surface area contributed by atoms with Gasteiger partial charge in [0.15, 0.2) is 0 Å². The van der Waals surface area contributed by atoms with E-state index < -0.39 is 4.92 Å². The molecule has 1 unspecified atom stereocenters. The minimum Gasteiger partial charge on any atom is -0.313 e. The van der Waals surface area contributed by atoms with Gasteiger partial charge in [-0.3, -0.25) is 14.9 Å². The van der Waals surface area contributed by atoms with Gasteiger partial charge in [-0.1, -0.05) is 6.92 Å². The van der Waals surface area contributed by atoms with Crippen molar-refractivity contribution < 1.29 is 9.72 Å². The van der Waals surface area contributed by atoms with Crippen LogP contribution in [-0.4, -0.2) is 10.8 Å². The molecule has 0 aliphatic heterocycles. The molecule has 0 saturated heterocycles. The number of hydrogen-bond donors (Lipinski definition) is 1. The number of nitro benzene ring substituents is 1. The van der Waals surface area contributed by atoms with E-state index in [0.717, 1.165) is 24.8 Å². The molecule has 1 aromatic carbocycles. The average Bonchev–Trinajstić information content (AvgIpc) is 2.96. The van der Waals surface area contributed by atoms with Crippen LogP contribution in [-0.2, 0) is 17.6 Å². The van der Waals surface area contributed by atoms with Gasteiger partial charge in [0.25, 0.3) is 5.69 Å². The van der Waals surface area contributed by atoms with Gasteiger partial charge < -0.3 is 5.32 Å². The molecule has 7 heteroatoms. The molecule has 1 N–H and O–H groups in total. The van der Waals surface area contributed by atoms with Crippen molar-refractivity contribution in [3.63, 3.8) is 0 Å². The zero-order valence-electron chi connectivity index (χ0n) is 14.2. The molecule has 1 aliphatic rings. The maximum Gasteiger partial charge on any atom is 0.269 e. The molecule has 0 spiro atoms. The Bertz CT molecular complexity index is 923. The number of carbonyl (C=O) groups is 1. The Morgan fingerprint density at radius 2 is 2.15 bits per heavy atom. The summed E-state index contributed by atoms with van der Waals surface area (Å²) < 4.78 is 0. The largest absolute Gasteiger partial charge is 0.313 e. The van der Waals surface area contributed by atoms with Crippen molar-refractivity contribution >= 4 is 34.0 Å². The Labute approximate surface area is 154 Å². The normalized spacial score (nSPS) is 16.1. The first-order chi connectivity index (χ1) is 12.5. The van der Waals surface area contributed by atoms with Crippen LogP contribution in [0, 0.1) is 27.4 Å². The highest BCUT2D eigenvalue weighted by atomic mass is 32.1. The number of carbonyl (C=O) groups excluding carboxylic acids is 1. The molecule has 0 saturated carbocycles. The summed E-state index contributed by atoms with van der Waals surface area (Å²) in [5.41, 5.74) is 2.34. The number of nitrogens with zero attached hydrogens (tertiary/aromatic N) is 2. The third kappa shape index (κ3) is 3.81. The standard InChI is InChI=1S/C19H17N3O3S/c1-12-2-8-15-16(11-20)19(26-17(15)10-12)21-18(23)9-5-13-3-6-14(7-4-13)22(24)25/h3-7,9,12H,2,8,10H2,1H3,(H,21,23). The number of nitriles is 1. The summed E-state index contributed by atoms with van der Waals surface area (Å²) >= 11 is 1.48. The highest BCUT2D eigenvalue weighted by Crippen LogP contribution is 2.39. The SMILES string of the molecule is CC1CCc2c(sc(NC(=O)C=Cc3ccc([N+](=O)[O-])cc3)c2C#N)C1. The summed E-state index contributed by atoms with van der Waals surface area (Å²) in [4.78, 5) is 23.6. The van der Waals surface area contributed by atoms with Gasteiger partial charge in [0.2, 0.25) is 5.91 Å². The summed E-state index contributed by atoms with van der Waals surface area (Å²) in [6.45, 7) is 2.19. The second-order valence-corrected chi connectivity index (χ2v) is 7.44. The Morgan fingerprint density at radius 1 is 1.42 bits per heavy atom. The summed E-state index contributed by atoms with van der Waals surface area (Å²) in [5, 5.41) is 23.5. The number of nitro groups is 1. The molecule has 2 aromatic rings. The van der Waals surface area contributed by atoms with Gasteiger partial charge in [-0.15, -0.1) is 11.3 Å². The smallest absolute Gasteiger partial charge is 0.269 e. The summed E-state index contributed by atoms with van der Waals surface area (Å²) in [6, 6.07) is 8.15. The predicted octanol–water partition coefficient (Wildman–Crippen LogP) is 4.30. The number of nitrogens with one attached hydrogen (secondary N) is 1. The quantitative estimate of drug-likeness (QED) is 0.495. The number of amides is 1. The molecule has 0 bridgehead atoms. The monoisotopic (exact) mass is 367 g/mol. The van der Waals surface area contributed by atoms with Crippen molar-refractivity contribution in [2.24, 2.45) is 5.92 Å². The number of fused-ring (bicyclic) bond motifs is 1. The Balaban J connectivity index is 1.72. The molecule has 3 rings (SSSR count). The van der Waals surface area contributed by atoms with E-state index in [1.807, 2.05) is 0 Å². The van der Waals surface area contributed by atoms with Crippen molar-refractivity contribution in [2.75, 3.05) is 5.32 Å². The fraction of sp³-hybridized carbons (Fsp3) is 0.263. The number of benzene rings is 1. The maximum atomic E-state index is 12.2. The molecule has 1 heterocycles. The fourth-order valence-electron chi connectivity index (χ4n) is 2.99. The molecule has 0 fully saturated rings. The van der Waals surface area contributed by atoms with Gasteiger partial charge in [-0.05, 0) is 54.5 Å². The van der Waals surface area contributed by atoms with Crippen LogP contribution in [0.5, 0.6) is 0 Å². The molecule has 1 atom stereocenters. The van der Waals surface area contributed by atoms with E-state index in [9.17, 15) is 20.2 Å². The van der Waals surface area contributed by atoms with Crippen LogP contribution >= 0.6 is 11.3 Å². The Kier molecular flexibility index (Phi) is 5.14. The number of non-ortho nitro benzene ring substituents is 1. The summed E-state index contributed by atoms with van der Waals surface area (Å²) in [5.74, 6) is 0.268. The van der Waals surface area contributed by atoms with Crippen LogP contribution in [0.3, 0.4) is 0 Å². The van der Waals surface area contributed by atoms with Crippen LogP contribution in [0.15, 0.2) is 30.3 Å². The Hall–Kier alpha value is -2.98. The fourth-order valence-corrected chi connectivity index (χ4v) is 4.35. The van der Waals surface area contributed by atoms with Crippen LogP contribution in [0.2, 0.25) is 0 Å². The maximum absolute atomic E-state index is 12.2. The minimum absolute atomic E-state index is 0.00339. The van der Waals surface area contributed by atoms with Crippen molar-refractivity contribution in [1.82, 2.24) is 0 Å². The third-order valence-electron chi connectivity index (χ3n) is 4.39. The van der Waals surface area contributed by atoms with Crippen molar-refractivity contribution in [3.05, 3.63) is 62.0 Å². The van der Waals surface area contributed by atoms with Gasteiger partial charge in [0.05, 0.1) is 10.5 Å². The molecule has 1 aliphatic carbocycles. The zero-order chi connectivity index (χ0) is 18.7. The topological polar surface area (TPSA) is 96.0 Å². The second kappa shape index (κ2) is 7.50. The van der Waals surface area contributed by atoms with E-state index in [1.165, 1.54) is 34.4 Å². The zero-order valence-corrected chi connectivity index (χ0v) is 15.0. The first-order valence-corrected chi connectivity index (χ1v) is 9.07. The van der Waals surface area contributed by atoms with Crippen LogP contribution in [0.4, 0.5) is 10.7 Å². The molecule has 0 radical (unpaired) electrons. The summed E-state index contributed by atoms with van der Waals surface area (Å²) in [6.07, 6.45) is 5.84. The van der Waals surface area contributed by atoms with Crippen LogP contribution < -0.4 is 5.32 Å². The van der Waals surface area contributed by atoms with E-state index in [1.54, 1.807) is 18.2 Å². The van der Waals surface area contributed by atoms with Crippen LogP contribution in [0.1, 0.15) is 34.9 Å². The highest BCUT2D eigenvalue weighted by molar-refractivity contribution is 7.16. The van der Waals surface area contributed by atoms with Crippen molar-refractivity contribution in [1.29, 1.82) is 5.26 Å². The van der Waals surface area contributed by atoms with Gasteiger partial charge in [0, 0.05) is 23.1 Å². The van der Waals surface area contributed by atoms with Gasteiger partial charge in [0.1, 0.15) is 11.1 Å². The van der Waals surface area contributed by atoms with Crippen molar-refractivity contribution in [3.8, 4) is 6.07 Å². The molecule has 132 valence electrons. The lowest BCUT2D eigenvalue weighted by Crippen LogP contribution is -2.10. The molecular formula is C19H17N3O3S. The number of rotatable bonds is 4. The second-order valence-electron chi connectivity index (χ2n) is 6.34. The number of anilines is 1. The first-order valence-electron chi connectivity index (χ1n) is 8.26. The van der Waals surface area contributed by atoms with Gasteiger partial charge in [-0.25, -0.2) is 0 Å². The average molecular weight is 367 g/mol. The molecular weight excluding hydrogens is 350 g/mol. The predicted molar refractivity (Wildman–Crippen MR) is 101 cm³/mol. The molecule has 1 aromatic heterocycles. The lowest BCUT2D eigenvalue weighted by molar-refractivity contribution is -0.384. The van der Waals surface area contributed by atoms with Gasteiger partial charge in [-0.2, -0.15) is 5.26 Å². The molecule has 1 amide bonds. The molecule has 26 heavy (non-hydrogen) atoms. The van der Waals surface area contributed by atoms with E-state index in [4.69, 9.17) is 0 Å². The van der Waals surface area contributed by atoms with Crippen molar-refractivity contribution in [2.45, 2.75) is 26.2 Å². The Morgan fingerprint density at radius 3 is 2.81 bits per heavy atom. The van der Waals surface area contributed by atoms with Gasteiger partial charge >= 0.3 is 0 Å². The van der Waals surface area contributed by atoms with E-state index in [-0.39, 0.29) is 11.6 Å². The van der Waals surface area contributed by atoms with E-state index in [2.05, 4.69) is 18.3 Å². The lowest BCUT2D eigenvalue weighted by atomic mass is 9.89. The van der Waals surface area contributed by atoms with Crippen LogP contribution in [0.25, 0.3) is 6.08 Å². The first kappa shape index (κ1) is 17.8. The van der Waals surface area contributed by atoms with E-state index >= 15 is 0 Å². The number of thiophene rings is 1. The van der Waals surface area contributed by atoms with E-state index in [0.29, 0.717) is 22.0 Å². The lowest BCUT2D eigenvalue weighted by Gasteiger charge is -2.17. The molecule has 6 nitrogen and oxygen atoms in total. The summed E-state index contributed by atoms with van der Waals surface area (Å²) in [7, 11) is 0. The number of hydrogen-bond acceptors (Lipinski definition) is 5. The minimum atomic E-state index is -0.469. The third-order valence-corrected chi connectivity index (χ3v) is 5.56. The highest BCUT2D eigenvalue weighted by Gasteiger charge is 2.24.